The first kappa shape index (κ1) is 37.6. The number of carbonyl (C=O) groups is 5. The Morgan fingerprint density at radius 3 is 2.34 bits per heavy atom. The molecule has 13 heteroatoms. The number of nitrogens with zero attached hydrogens (tertiary/aromatic N) is 2. The minimum absolute atomic E-state index is 0.00248. The number of Topliss-reactive ketones (excluding diaryl/α,β-unsaturated/α-hetero) is 3. The molecule has 0 bridgehead atoms. The summed E-state index contributed by atoms with van der Waals surface area (Å²) in [4.78, 5) is 75.2. The van der Waals surface area contributed by atoms with Crippen LogP contribution in [0.1, 0.15) is 104 Å². The SMILES string of the molecule is CCC(=O)C(=O)[C@@H](CC(=O)[C@@H]1C[C@]2(CC(c3cc(Cl)c(OC)cc3OC)=NO2)CN1C(=O)[C@@H](NC(=O)OC1CCCC1)C(C)(C)C)CC1CC1. The van der Waals surface area contributed by atoms with Crippen LogP contribution in [-0.4, -0.2) is 84.5 Å². The van der Waals surface area contributed by atoms with Gasteiger partial charge in [-0.1, -0.05) is 57.3 Å². The van der Waals surface area contributed by atoms with Crippen molar-refractivity contribution in [2.45, 2.75) is 122 Å². The van der Waals surface area contributed by atoms with E-state index in [1.807, 2.05) is 20.8 Å². The Hall–Kier alpha value is -3.67. The van der Waals surface area contributed by atoms with Gasteiger partial charge in [0.1, 0.15) is 23.6 Å². The summed E-state index contributed by atoms with van der Waals surface area (Å²) in [6.07, 6.45) is 5.23. The van der Waals surface area contributed by atoms with Crippen molar-refractivity contribution in [1.29, 1.82) is 0 Å². The molecule has 0 aromatic heterocycles. The first-order valence-electron chi connectivity index (χ1n) is 17.7. The zero-order valence-corrected chi connectivity index (χ0v) is 30.7. The topological polar surface area (TPSA) is 150 Å². The van der Waals surface area contributed by atoms with Crippen molar-refractivity contribution < 1.29 is 43.0 Å². The summed E-state index contributed by atoms with van der Waals surface area (Å²) >= 11 is 6.47. The van der Waals surface area contributed by atoms with Crippen LogP contribution in [0, 0.1) is 17.3 Å². The predicted molar refractivity (Wildman–Crippen MR) is 186 cm³/mol. The highest BCUT2D eigenvalue weighted by Gasteiger charge is 2.56. The molecule has 1 aromatic carbocycles. The number of ether oxygens (including phenoxy) is 3. The standard InChI is InChI=1S/C37H50ClN3O9/c1-7-28(42)32(44)22(14-21-12-13-21)15-29(43)27-19-37(18-26(40-50-37)24-16-25(38)31(48-6)17-30(24)47-5)20-41(27)34(45)33(36(2,3)4)39-35(46)49-23-10-8-9-11-23/h16-17,21-23,27,33H,7-15,18-20H2,1-6H3,(H,39,46)/t22-,27+,33-,37-/m1/s1. The number of hydrogen-bond donors (Lipinski definition) is 1. The van der Waals surface area contributed by atoms with Gasteiger partial charge in [-0.15, -0.1) is 0 Å². The second kappa shape index (κ2) is 15.3. The lowest BCUT2D eigenvalue weighted by molar-refractivity contribution is -0.143. The zero-order chi connectivity index (χ0) is 36.4. The summed E-state index contributed by atoms with van der Waals surface area (Å²) in [7, 11) is 3.02. The van der Waals surface area contributed by atoms with E-state index in [1.165, 1.54) is 19.1 Å². The maximum absolute atomic E-state index is 14.6. The van der Waals surface area contributed by atoms with Gasteiger partial charge in [-0.05, 0) is 49.5 Å². The van der Waals surface area contributed by atoms with E-state index < -0.39 is 52.6 Å². The Labute approximate surface area is 298 Å². The molecule has 1 saturated heterocycles. The molecule has 1 N–H and O–H groups in total. The van der Waals surface area contributed by atoms with Gasteiger partial charge in [0.15, 0.2) is 17.2 Å². The number of amides is 2. The number of carbonyl (C=O) groups excluding carboxylic acids is 5. The number of rotatable bonds is 14. The van der Waals surface area contributed by atoms with Crippen LogP contribution in [0.2, 0.25) is 5.02 Å². The van der Waals surface area contributed by atoms with Crippen molar-refractivity contribution in [3.8, 4) is 11.5 Å². The number of halogens is 1. The number of likely N-dealkylation sites (tertiary alicyclic amines) is 1. The van der Waals surface area contributed by atoms with Crippen LogP contribution >= 0.6 is 11.6 Å². The van der Waals surface area contributed by atoms with Crippen molar-refractivity contribution in [3.05, 3.63) is 22.7 Å². The number of methoxy groups -OCH3 is 2. The number of hydrogen-bond acceptors (Lipinski definition) is 10. The van der Waals surface area contributed by atoms with Crippen LogP contribution < -0.4 is 14.8 Å². The fourth-order valence-electron chi connectivity index (χ4n) is 7.36. The van der Waals surface area contributed by atoms with E-state index >= 15 is 0 Å². The number of alkyl carbamates (subject to hydrolysis) is 1. The minimum Gasteiger partial charge on any atom is -0.496 e. The van der Waals surface area contributed by atoms with Gasteiger partial charge in [0.2, 0.25) is 11.7 Å². The van der Waals surface area contributed by atoms with E-state index in [9.17, 15) is 24.0 Å². The highest BCUT2D eigenvalue weighted by atomic mass is 35.5. The van der Waals surface area contributed by atoms with Gasteiger partial charge in [0.25, 0.3) is 0 Å². The van der Waals surface area contributed by atoms with Crippen LogP contribution in [-0.2, 0) is 28.8 Å². The van der Waals surface area contributed by atoms with Gasteiger partial charge in [-0.2, -0.15) is 0 Å². The van der Waals surface area contributed by atoms with Crippen molar-refractivity contribution in [2.24, 2.45) is 22.4 Å². The quantitative estimate of drug-likeness (QED) is 0.235. The van der Waals surface area contributed by atoms with Gasteiger partial charge in [0.05, 0.1) is 37.5 Å². The molecule has 2 aliphatic heterocycles. The molecule has 1 aromatic rings. The molecular formula is C37H50ClN3O9. The summed E-state index contributed by atoms with van der Waals surface area (Å²) in [5.41, 5.74) is -0.726. The Kier molecular flexibility index (Phi) is 11.5. The fourth-order valence-corrected chi connectivity index (χ4v) is 7.60. The number of nitrogens with one attached hydrogen (secondary N) is 1. The first-order chi connectivity index (χ1) is 23.7. The van der Waals surface area contributed by atoms with E-state index in [1.54, 1.807) is 19.1 Å². The van der Waals surface area contributed by atoms with Crippen molar-refractivity contribution in [1.82, 2.24) is 10.2 Å². The number of ketones is 3. The molecule has 2 amide bonds. The maximum atomic E-state index is 14.6. The molecule has 50 heavy (non-hydrogen) atoms. The van der Waals surface area contributed by atoms with Crippen LogP contribution in [0.4, 0.5) is 4.79 Å². The molecule has 3 fully saturated rings. The molecule has 2 saturated carbocycles. The molecule has 0 unspecified atom stereocenters. The monoisotopic (exact) mass is 715 g/mol. The summed E-state index contributed by atoms with van der Waals surface area (Å²) in [6, 6.07) is 1.31. The van der Waals surface area contributed by atoms with Crippen LogP contribution in [0.25, 0.3) is 0 Å². The normalized spacial score (nSPS) is 23.2. The number of oxime groups is 1. The minimum atomic E-state index is -1.08. The molecule has 1 spiro atoms. The van der Waals surface area contributed by atoms with E-state index in [0.717, 1.165) is 38.5 Å². The smallest absolute Gasteiger partial charge is 0.408 e. The van der Waals surface area contributed by atoms with Gasteiger partial charge in [0, 0.05) is 43.2 Å². The molecule has 4 atom stereocenters. The average Bonchev–Trinajstić information content (AvgIpc) is 3.42. The summed E-state index contributed by atoms with van der Waals surface area (Å²) in [5.74, 6) is -1.40. The zero-order valence-electron chi connectivity index (χ0n) is 30.0. The second-order valence-corrected chi connectivity index (χ2v) is 15.7. The third-order valence-corrected chi connectivity index (χ3v) is 10.7. The maximum Gasteiger partial charge on any atom is 0.408 e. The second-order valence-electron chi connectivity index (χ2n) is 15.3. The van der Waals surface area contributed by atoms with Crippen molar-refractivity contribution >= 4 is 46.7 Å². The third kappa shape index (κ3) is 8.44. The molecule has 0 radical (unpaired) electrons. The van der Waals surface area contributed by atoms with E-state index in [2.05, 4.69) is 10.5 Å². The van der Waals surface area contributed by atoms with Crippen molar-refractivity contribution in [3.63, 3.8) is 0 Å². The Balaban J connectivity index is 1.43. The summed E-state index contributed by atoms with van der Waals surface area (Å²) < 4.78 is 16.6. The van der Waals surface area contributed by atoms with Gasteiger partial charge < -0.3 is 29.3 Å². The summed E-state index contributed by atoms with van der Waals surface area (Å²) in [5, 5.41) is 7.56. The Morgan fingerprint density at radius 2 is 1.74 bits per heavy atom. The lowest BCUT2D eigenvalue weighted by Crippen LogP contribution is -2.57. The van der Waals surface area contributed by atoms with Gasteiger partial charge in [-0.25, -0.2) is 4.79 Å². The largest absolute Gasteiger partial charge is 0.496 e. The van der Waals surface area contributed by atoms with E-state index in [4.69, 9.17) is 30.6 Å². The van der Waals surface area contributed by atoms with Crippen LogP contribution in [0.5, 0.6) is 11.5 Å². The highest BCUT2D eigenvalue weighted by Crippen LogP contribution is 2.44. The molecule has 4 aliphatic rings. The Bertz CT molecular complexity index is 1530. The molecule has 12 nitrogen and oxygen atoms in total. The predicted octanol–water partition coefficient (Wildman–Crippen LogP) is 5.83. The van der Waals surface area contributed by atoms with Crippen LogP contribution in [0.15, 0.2) is 17.3 Å². The van der Waals surface area contributed by atoms with Gasteiger partial charge in [-0.3, -0.25) is 19.2 Å². The molecular weight excluding hydrogens is 666 g/mol. The third-order valence-electron chi connectivity index (χ3n) is 10.4. The van der Waals surface area contributed by atoms with Gasteiger partial charge >= 0.3 is 6.09 Å². The number of benzene rings is 1. The van der Waals surface area contributed by atoms with Crippen LogP contribution in [0.3, 0.4) is 0 Å². The van der Waals surface area contributed by atoms with Crippen molar-refractivity contribution in [2.75, 3.05) is 20.8 Å². The molecule has 2 heterocycles. The lowest BCUT2D eigenvalue weighted by Gasteiger charge is -2.35. The highest BCUT2D eigenvalue weighted by molar-refractivity contribution is 6.38. The molecule has 2 aliphatic carbocycles. The average molecular weight is 716 g/mol. The first-order valence-corrected chi connectivity index (χ1v) is 18.1. The lowest BCUT2D eigenvalue weighted by atomic mass is 9.84. The summed E-state index contributed by atoms with van der Waals surface area (Å²) in [6.45, 7) is 7.14. The fraction of sp³-hybridized carbons (Fsp3) is 0.676. The molecule has 274 valence electrons. The van der Waals surface area contributed by atoms with E-state index in [0.29, 0.717) is 40.1 Å². The Morgan fingerprint density at radius 1 is 1.06 bits per heavy atom. The van der Waals surface area contributed by atoms with E-state index in [-0.39, 0.29) is 44.1 Å². The molecule has 5 rings (SSSR count).